The van der Waals surface area contributed by atoms with Crippen LogP contribution in [0, 0.1) is 11.3 Å². The maximum absolute atomic E-state index is 13.3. The van der Waals surface area contributed by atoms with Crippen LogP contribution in [0.15, 0.2) is 46.9 Å². The molecule has 0 spiro atoms. The van der Waals surface area contributed by atoms with E-state index in [0.717, 1.165) is 12.1 Å². The molecule has 0 aliphatic carbocycles. The lowest BCUT2D eigenvalue weighted by Gasteiger charge is -2.21. The van der Waals surface area contributed by atoms with Crippen molar-refractivity contribution < 1.29 is 32.1 Å². The third-order valence-corrected chi connectivity index (χ3v) is 3.68. The zero-order valence-corrected chi connectivity index (χ0v) is 13.7. The molecule has 1 aromatic rings. The Morgan fingerprint density at radius 3 is 2.69 bits per heavy atom. The topological polar surface area (TPSA) is 74.9 Å². The molecule has 1 aromatic carbocycles. The second-order valence-corrected chi connectivity index (χ2v) is 5.56. The first-order valence-electron chi connectivity index (χ1n) is 7.85. The van der Waals surface area contributed by atoms with E-state index < -0.39 is 23.7 Å². The monoisotopic (exact) mass is 374 g/mol. The van der Waals surface area contributed by atoms with Gasteiger partial charge in [0.05, 0.1) is 25.4 Å². The number of allylic oxidation sites excluding steroid dienone is 1. The minimum absolute atomic E-state index is 0.0586. The van der Waals surface area contributed by atoms with Crippen LogP contribution in [0.2, 0.25) is 0 Å². The fourth-order valence-electron chi connectivity index (χ4n) is 2.45. The Hall–Kier alpha value is -2.26. The summed E-state index contributed by atoms with van der Waals surface area (Å²) in [6.45, 7) is 0.404. The van der Waals surface area contributed by atoms with Gasteiger partial charge in [0.2, 0.25) is 5.88 Å². The first kappa shape index (κ1) is 20.1. The number of rotatable bonds is 8. The van der Waals surface area contributed by atoms with Gasteiger partial charge in [-0.3, -0.25) is 0 Å². The summed E-state index contributed by atoms with van der Waals surface area (Å²) in [5.74, 6) is -1.27. The van der Waals surface area contributed by atoms with Gasteiger partial charge in [-0.05, 0) is 23.8 Å². The number of nitrogens with one attached hydrogen (secondary N) is 1. The van der Waals surface area contributed by atoms with Gasteiger partial charge < -0.3 is 14.6 Å². The average molecular weight is 374 g/mol. The molecular formula is C17H18F4N2O3. The van der Waals surface area contributed by atoms with E-state index in [1.54, 1.807) is 12.2 Å². The molecule has 0 saturated carbocycles. The SMILES string of the molecule is N=NC1=C(CCOCCO)C=CC(Cc2ccc(F)c(C(F)(F)F)c2)O1. The van der Waals surface area contributed by atoms with Gasteiger partial charge in [-0.15, -0.1) is 5.11 Å². The molecule has 1 aliphatic rings. The number of aliphatic hydroxyl groups excluding tert-OH is 1. The molecule has 2 rings (SSSR count). The van der Waals surface area contributed by atoms with Crippen molar-refractivity contribution in [2.45, 2.75) is 25.1 Å². The van der Waals surface area contributed by atoms with Crippen molar-refractivity contribution in [3.63, 3.8) is 0 Å². The highest BCUT2D eigenvalue weighted by atomic mass is 19.4. The minimum atomic E-state index is -4.77. The van der Waals surface area contributed by atoms with Crippen LogP contribution in [-0.2, 0) is 22.1 Å². The van der Waals surface area contributed by atoms with Crippen molar-refractivity contribution in [2.75, 3.05) is 19.8 Å². The second kappa shape index (κ2) is 8.91. The van der Waals surface area contributed by atoms with Gasteiger partial charge >= 0.3 is 6.18 Å². The molecule has 9 heteroatoms. The van der Waals surface area contributed by atoms with Gasteiger partial charge in [0, 0.05) is 18.4 Å². The number of hydrogen-bond donors (Lipinski definition) is 2. The van der Waals surface area contributed by atoms with Gasteiger partial charge in [-0.2, -0.15) is 13.2 Å². The van der Waals surface area contributed by atoms with E-state index in [9.17, 15) is 17.6 Å². The number of ether oxygens (including phenoxy) is 2. The zero-order chi connectivity index (χ0) is 19.2. The maximum atomic E-state index is 13.3. The number of nitrogens with zero attached hydrogens (tertiary/aromatic N) is 1. The highest BCUT2D eigenvalue weighted by molar-refractivity contribution is 5.31. The predicted molar refractivity (Wildman–Crippen MR) is 83.8 cm³/mol. The number of halogens is 4. The summed E-state index contributed by atoms with van der Waals surface area (Å²) >= 11 is 0. The Morgan fingerprint density at radius 2 is 2.04 bits per heavy atom. The Balaban J connectivity index is 2.04. The van der Waals surface area contributed by atoms with Crippen LogP contribution < -0.4 is 0 Å². The number of benzene rings is 1. The summed E-state index contributed by atoms with van der Waals surface area (Å²) in [5.41, 5.74) is 6.74. The Morgan fingerprint density at radius 1 is 1.27 bits per heavy atom. The molecule has 2 N–H and O–H groups in total. The summed E-state index contributed by atoms with van der Waals surface area (Å²) < 4.78 is 62.4. The lowest BCUT2D eigenvalue weighted by Crippen LogP contribution is -2.18. The summed E-state index contributed by atoms with van der Waals surface area (Å²) in [6.07, 6.45) is -1.58. The molecule has 1 unspecified atom stereocenters. The van der Waals surface area contributed by atoms with Gasteiger partial charge in [0.1, 0.15) is 11.9 Å². The van der Waals surface area contributed by atoms with Crippen LogP contribution in [0.1, 0.15) is 17.5 Å². The van der Waals surface area contributed by atoms with E-state index in [1.165, 1.54) is 6.07 Å². The normalized spacial score (nSPS) is 17.3. The van der Waals surface area contributed by atoms with Crippen LogP contribution in [0.3, 0.4) is 0 Å². The van der Waals surface area contributed by atoms with Gasteiger partial charge in [0.15, 0.2) is 0 Å². The molecule has 26 heavy (non-hydrogen) atoms. The number of aliphatic hydroxyl groups is 1. The Bertz CT molecular complexity index is 702. The van der Waals surface area contributed by atoms with Gasteiger partial charge in [-0.25, -0.2) is 9.92 Å². The summed E-state index contributed by atoms with van der Waals surface area (Å²) in [6, 6.07) is 2.80. The summed E-state index contributed by atoms with van der Waals surface area (Å²) in [7, 11) is 0. The van der Waals surface area contributed by atoms with Crippen LogP contribution in [0.4, 0.5) is 17.6 Å². The van der Waals surface area contributed by atoms with Crippen LogP contribution >= 0.6 is 0 Å². The highest BCUT2D eigenvalue weighted by Gasteiger charge is 2.34. The first-order valence-corrected chi connectivity index (χ1v) is 7.85. The van der Waals surface area contributed by atoms with Crippen molar-refractivity contribution in [2.24, 2.45) is 5.11 Å². The predicted octanol–water partition coefficient (Wildman–Crippen LogP) is 3.98. The second-order valence-electron chi connectivity index (χ2n) is 5.56. The molecule has 0 amide bonds. The van der Waals surface area contributed by atoms with E-state index in [2.05, 4.69) is 5.11 Å². The molecule has 0 bridgehead atoms. The summed E-state index contributed by atoms with van der Waals surface area (Å²) in [5, 5.41) is 11.9. The van der Waals surface area contributed by atoms with E-state index in [1.807, 2.05) is 0 Å². The third-order valence-electron chi connectivity index (χ3n) is 3.68. The zero-order valence-electron chi connectivity index (χ0n) is 13.7. The van der Waals surface area contributed by atoms with Crippen molar-refractivity contribution >= 4 is 0 Å². The maximum Gasteiger partial charge on any atom is 0.419 e. The van der Waals surface area contributed by atoms with Gasteiger partial charge in [-0.1, -0.05) is 12.1 Å². The molecule has 5 nitrogen and oxygen atoms in total. The standard InChI is InChI=1S/C17H18F4N2O3/c18-15-4-1-11(10-14(15)17(19,20)21)9-13-3-2-12(16(23-22)26-13)5-7-25-8-6-24/h1-4,10,13,22,24H,5-9H2. The van der Waals surface area contributed by atoms with Crippen LogP contribution in [0.5, 0.6) is 0 Å². The van der Waals surface area contributed by atoms with Crippen LogP contribution in [0.25, 0.3) is 0 Å². The third kappa shape index (κ3) is 5.37. The molecule has 0 fully saturated rings. The van der Waals surface area contributed by atoms with E-state index in [-0.39, 0.29) is 31.1 Å². The van der Waals surface area contributed by atoms with Crippen molar-refractivity contribution in [3.8, 4) is 0 Å². The molecular weight excluding hydrogens is 356 g/mol. The van der Waals surface area contributed by atoms with Gasteiger partial charge in [0.25, 0.3) is 0 Å². The largest absolute Gasteiger partial charge is 0.468 e. The molecule has 0 radical (unpaired) electrons. The molecule has 0 aromatic heterocycles. The molecule has 142 valence electrons. The van der Waals surface area contributed by atoms with Crippen molar-refractivity contribution in [3.05, 3.63) is 58.8 Å². The first-order chi connectivity index (χ1) is 12.3. The summed E-state index contributed by atoms with van der Waals surface area (Å²) in [4.78, 5) is 0. The molecule has 0 saturated heterocycles. The fourth-order valence-corrected chi connectivity index (χ4v) is 2.45. The number of hydrogen-bond acceptors (Lipinski definition) is 5. The number of alkyl halides is 3. The Labute approximate surface area is 147 Å². The van der Waals surface area contributed by atoms with Crippen molar-refractivity contribution in [1.82, 2.24) is 0 Å². The molecule has 1 heterocycles. The molecule has 1 aliphatic heterocycles. The molecule has 1 atom stereocenters. The average Bonchev–Trinajstić information content (AvgIpc) is 2.60. The van der Waals surface area contributed by atoms with Crippen molar-refractivity contribution in [1.29, 1.82) is 5.53 Å². The quantitative estimate of drug-likeness (QED) is 0.411. The lowest BCUT2D eigenvalue weighted by molar-refractivity contribution is -0.140. The highest BCUT2D eigenvalue weighted by Crippen LogP contribution is 2.32. The van der Waals surface area contributed by atoms with E-state index >= 15 is 0 Å². The smallest absolute Gasteiger partial charge is 0.419 e. The minimum Gasteiger partial charge on any atom is -0.468 e. The van der Waals surface area contributed by atoms with E-state index in [4.69, 9.17) is 20.1 Å². The Kier molecular flexibility index (Phi) is 6.87. The van der Waals surface area contributed by atoms with Crippen LogP contribution in [-0.4, -0.2) is 31.0 Å². The lowest BCUT2D eigenvalue weighted by atomic mass is 10.0. The van der Waals surface area contributed by atoms with E-state index in [0.29, 0.717) is 18.6 Å². The fraction of sp³-hybridized carbons (Fsp3) is 0.412.